The molecular formula is C14H20NO2S+. The molecule has 0 aliphatic carbocycles. The third-order valence-electron chi connectivity index (χ3n) is 4.33. The van der Waals surface area contributed by atoms with Gasteiger partial charge in [-0.25, -0.2) is 3.89 Å². The maximum Gasteiger partial charge on any atom is 0.327 e. The van der Waals surface area contributed by atoms with Crippen molar-refractivity contribution in [2.45, 2.75) is 38.1 Å². The largest absolute Gasteiger partial charge is 0.327 e. The molecule has 2 saturated heterocycles. The Hall–Kier alpha value is -0.870. The van der Waals surface area contributed by atoms with E-state index in [1.807, 2.05) is 19.1 Å². The van der Waals surface area contributed by atoms with E-state index in [9.17, 15) is 8.42 Å². The van der Waals surface area contributed by atoms with Crippen LogP contribution in [0.2, 0.25) is 0 Å². The van der Waals surface area contributed by atoms with Crippen molar-refractivity contribution in [2.24, 2.45) is 5.41 Å². The zero-order valence-corrected chi connectivity index (χ0v) is 12.0. The summed E-state index contributed by atoms with van der Waals surface area (Å²) in [5.41, 5.74) is 1.25. The van der Waals surface area contributed by atoms with Gasteiger partial charge in [0.2, 0.25) is 0 Å². The lowest BCUT2D eigenvalue weighted by molar-refractivity contribution is -0.670. The molecule has 98 valence electrons. The van der Waals surface area contributed by atoms with Crippen LogP contribution >= 0.6 is 0 Å². The minimum atomic E-state index is -3.21. The molecule has 3 rings (SSSR count). The summed E-state index contributed by atoms with van der Waals surface area (Å²) < 4.78 is 25.8. The summed E-state index contributed by atoms with van der Waals surface area (Å²) in [6.45, 7) is 7.88. The molecule has 1 aromatic rings. The lowest BCUT2D eigenvalue weighted by atomic mass is 9.90. The molecule has 2 fully saturated rings. The quantitative estimate of drug-likeness (QED) is 0.608. The summed E-state index contributed by atoms with van der Waals surface area (Å²) in [5, 5.41) is 0. The van der Waals surface area contributed by atoms with E-state index < -0.39 is 10.0 Å². The molecule has 18 heavy (non-hydrogen) atoms. The monoisotopic (exact) mass is 266 g/mol. The molecule has 2 atom stereocenters. The number of fused-ring (bicyclic) bond motifs is 1. The highest BCUT2D eigenvalue weighted by atomic mass is 32.2. The van der Waals surface area contributed by atoms with E-state index in [1.165, 1.54) is 0 Å². The van der Waals surface area contributed by atoms with Crippen molar-refractivity contribution in [1.29, 1.82) is 0 Å². The summed E-state index contributed by atoms with van der Waals surface area (Å²) in [6, 6.07) is 7.58. The Kier molecular flexibility index (Phi) is 2.28. The minimum absolute atomic E-state index is 0.153. The second kappa shape index (κ2) is 3.36. The van der Waals surface area contributed by atoms with E-state index in [2.05, 4.69) is 13.8 Å². The van der Waals surface area contributed by atoms with Gasteiger partial charge in [-0.05, 0) is 19.1 Å². The molecule has 2 heterocycles. The van der Waals surface area contributed by atoms with Crippen LogP contribution in [0.1, 0.15) is 25.8 Å². The summed E-state index contributed by atoms with van der Waals surface area (Å²) >= 11 is 0. The minimum Gasteiger partial charge on any atom is -0.201 e. The van der Waals surface area contributed by atoms with Gasteiger partial charge >= 0.3 is 10.0 Å². The topological polar surface area (TPSA) is 34.1 Å². The fraction of sp³-hybridized carbons (Fsp3) is 0.571. The normalized spacial score (nSPS) is 33.2. The average molecular weight is 266 g/mol. The molecule has 0 spiro atoms. The van der Waals surface area contributed by atoms with E-state index in [0.717, 1.165) is 25.1 Å². The highest BCUT2D eigenvalue weighted by molar-refractivity contribution is 7.86. The number of benzene rings is 1. The molecule has 3 nitrogen and oxygen atoms in total. The number of aryl methyl sites for hydroxylation is 1. The van der Waals surface area contributed by atoms with Gasteiger partial charge in [0.25, 0.3) is 0 Å². The lowest BCUT2D eigenvalue weighted by Crippen LogP contribution is -2.37. The first-order valence-electron chi connectivity index (χ1n) is 6.46. The molecule has 0 N–H and O–H groups in total. The van der Waals surface area contributed by atoms with Crippen molar-refractivity contribution < 1.29 is 12.3 Å². The van der Waals surface area contributed by atoms with Crippen LogP contribution in [0.25, 0.3) is 0 Å². The van der Waals surface area contributed by atoms with Crippen LogP contribution in [-0.4, -0.2) is 31.4 Å². The van der Waals surface area contributed by atoms with Crippen LogP contribution < -0.4 is 0 Å². The molecule has 1 aromatic carbocycles. The Morgan fingerprint density at radius 1 is 1.22 bits per heavy atom. The van der Waals surface area contributed by atoms with Crippen LogP contribution in [0.15, 0.2) is 29.2 Å². The van der Waals surface area contributed by atoms with E-state index in [1.54, 1.807) is 12.1 Å². The Balaban J connectivity index is 2.00. The molecule has 0 aromatic heterocycles. The maximum atomic E-state index is 12.8. The van der Waals surface area contributed by atoms with Gasteiger partial charge in [0, 0.05) is 11.8 Å². The number of nitrogens with zero attached hydrogens (tertiary/aromatic N) is 1. The van der Waals surface area contributed by atoms with Crippen molar-refractivity contribution in [2.75, 3.05) is 13.1 Å². The van der Waals surface area contributed by atoms with Crippen molar-refractivity contribution >= 4 is 10.0 Å². The first-order chi connectivity index (χ1) is 8.27. The zero-order chi connectivity index (χ0) is 13.2. The fourth-order valence-electron chi connectivity index (χ4n) is 3.46. The predicted molar refractivity (Wildman–Crippen MR) is 70.5 cm³/mol. The van der Waals surface area contributed by atoms with Gasteiger partial charge in [-0.2, -0.15) is 8.42 Å². The SMILES string of the molecule is Cc1ccc(S(=O)(=O)[N+]23CC2CC(C)(C)C3)cc1. The molecule has 2 unspecified atom stereocenters. The van der Waals surface area contributed by atoms with Crippen molar-refractivity contribution in [1.82, 2.24) is 0 Å². The Morgan fingerprint density at radius 3 is 2.33 bits per heavy atom. The third kappa shape index (κ3) is 1.55. The fourth-order valence-corrected chi connectivity index (χ4v) is 5.72. The van der Waals surface area contributed by atoms with Crippen LogP contribution in [-0.2, 0) is 10.0 Å². The summed E-state index contributed by atoms with van der Waals surface area (Å²) in [5.74, 6) is 0. The standard InChI is InChI=1S/C14H20NO2S/c1-11-4-6-13(7-5-11)18(16,17)15-9-12(15)8-14(2,3)10-15/h4-7,12H,8-10H2,1-3H3/q+1. The average Bonchev–Trinajstić information content (AvgIpc) is 2.84. The van der Waals surface area contributed by atoms with Crippen molar-refractivity contribution in [3.8, 4) is 0 Å². The van der Waals surface area contributed by atoms with Crippen molar-refractivity contribution in [3.05, 3.63) is 29.8 Å². The number of hydrogen-bond donors (Lipinski definition) is 0. The first kappa shape index (κ1) is 12.2. The van der Waals surface area contributed by atoms with E-state index >= 15 is 0 Å². The molecular weight excluding hydrogens is 246 g/mol. The summed E-state index contributed by atoms with van der Waals surface area (Å²) in [4.78, 5) is 0.480. The maximum absolute atomic E-state index is 12.8. The van der Waals surface area contributed by atoms with Gasteiger partial charge in [0.05, 0.1) is 6.54 Å². The highest BCUT2D eigenvalue weighted by Gasteiger charge is 2.71. The lowest BCUT2D eigenvalue weighted by Gasteiger charge is -2.21. The van der Waals surface area contributed by atoms with Gasteiger partial charge in [-0.1, -0.05) is 31.5 Å². The Labute approximate surface area is 109 Å². The van der Waals surface area contributed by atoms with Gasteiger partial charge in [0.15, 0.2) is 6.04 Å². The van der Waals surface area contributed by atoms with Crippen molar-refractivity contribution in [3.63, 3.8) is 0 Å². The van der Waals surface area contributed by atoms with E-state index in [-0.39, 0.29) is 5.41 Å². The molecule has 0 amide bonds. The molecule has 0 radical (unpaired) electrons. The van der Waals surface area contributed by atoms with E-state index in [0.29, 0.717) is 14.8 Å². The third-order valence-corrected chi connectivity index (χ3v) is 6.73. The second-order valence-electron chi connectivity index (χ2n) is 6.60. The Morgan fingerprint density at radius 2 is 1.83 bits per heavy atom. The molecule has 2 aliphatic rings. The number of sulfonamides is 1. The van der Waals surface area contributed by atoms with Crippen LogP contribution in [0.5, 0.6) is 0 Å². The number of hydrogen-bond acceptors (Lipinski definition) is 2. The Bertz CT molecular complexity index is 589. The highest BCUT2D eigenvalue weighted by Crippen LogP contribution is 2.53. The van der Waals surface area contributed by atoms with E-state index in [4.69, 9.17) is 0 Å². The summed E-state index contributed by atoms with van der Waals surface area (Å²) in [7, 11) is -3.21. The molecule has 4 heteroatoms. The number of quaternary nitrogens is 1. The van der Waals surface area contributed by atoms with Crippen LogP contribution in [0.4, 0.5) is 0 Å². The zero-order valence-electron chi connectivity index (χ0n) is 11.2. The molecule has 0 bridgehead atoms. The van der Waals surface area contributed by atoms with Gasteiger partial charge in [-0.3, -0.25) is 0 Å². The van der Waals surface area contributed by atoms with Crippen LogP contribution in [0, 0.1) is 12.3 Å². The number of rotatable bonds is 2. The first-order valence-corrected chi connectivity index (χ1v) is 7.90. The van der Waals surface area contributed by atoms with Gasteiger partial charge in [-0.15, -0.1) is 0 Å². The van der Waals surface area contributed by atoms with Crippen LogP contribution in [0.3, 0.4) is 0 Å². The predicted octanol–water partition coefficient (Wildman–Crippen LogP) is 2.31. The smallest absolute Gasteiger partial charge is 0.201 e. The molecule has 2 aliphatic heterocycles. The number of piperidine rings is 1. The van der Waals surface area contributed by atoms with Gasteiger partial charge in [0.1, 0.15) is 11.4 Å². The molecule has 0 saturated carbocycles. The van der Waals surface area contributed by atoms with Gasteiger partial charge < -0.3 is 0 Å². The second-order valence-corrected chi connectivity index (χ2v) is 8.75. The summed E-state index contributed by atoms with van der Waals surface area (Å²) in [6.07, 6.45) is 1.03.